The minimum atomic E-state index is -0.126. The SMILES string of the molecule is CCC(CC)CNC(=O)c1cnc(NC)c(Cl)c1. The number of amides is 1. The smallest absolute Gasteiger partial charge is 0.252 e. The van der Waals surface area contributed by atoms with Gasteiger partial charge in [-0.2, -0.15) is 0 Å². The van der Waals surface area contributed by atoms with Crippen molar-refractivity contribution in [1.29, 1.82) is 0 Å². The average molecular weight is 270 g/mol. The summed E-state index contributed by atoms with van der Waals surface area (Å²) in [6.07, 6.45) is 3.66. The second kappa shape index (κ2) is 7.21. The summed E-state index contributed by atoms with van der Waals surface area (Å²) in [4.78, 5) is 16.0. The van der Waals surface area contributed by atoms with Crippen molar-refractivity contribution in [2.75, 3.05) is 18.9 Å². The first-order chi connectivity index (χ1) is 8.62. The van der Waals surface area contributed by atoms with Crippen LogP contribution in [0.5, 0.6) is 0 Å². The van der Waals surface area contributed by atoms with E-state index in [0.717, 1.165) is 12.8 Å². The molecule has 0 saturated carbocycles. The molecule has 1 heterocycles. The van der Waals surface area contributed by atoms with Crippen molar-refractivity contribution in [3.63, 3.8) is 0 Å². The van der Waals surface area contributed by atoms with Crippen LogP contribution in [0, 0.1) is 5.92 Å². The summed E-state index contributed by atoms with van der Waals surface area (Å²) >= 11 is 5.99. The van der Waals surface area contributed by atoms with E-state index in [9.17, 15) is 4.79 Å². The van der Waals surface area contributed by atoms with Crippen LogP contribution in [0.15, 0.2) is 12.3 Å². The van der Waals surface area contributed by atoms with Crippen LogP contribution in [0.3, 0.4) is 0 Å². The molecule has 1 amide bonds. The Bertz CT molecular complexity index is 405. The quantitative estimate of drug-likeness (QED) is 0.835. The summed E-state index contributed by atoms with van der Waals surface area (Å²) in [5.41, 5.74) is 0.491. The maximum atomic E-state index is 11.9. The molecule has 1 aromatic rings. The lowest BCUT2D eigenvalue weighted by Crippen LogP contribution is -2.29. The minimum Gasteiger partial charge on any atom is -0.372 e. The number of nitrogens with one attached hydrogen (secondary N) is 2. The van der Waals surface area contributed by atoms with Crippen LogP contribution in [-0.4, -0.2) is 24.5 Å². The number of nitrogens with zero attached hydrogens (tertiary/aromatic N) is 1. The fraction of sp³-hybridized carbons (Fsp3) is 0.538. The maximum Gasteiger partial charge on any atom is 0.252 e. The van der Waals surface area contributed by atoms with Crippen LogP contribution in [0.25, 0.3) is 0 Å². The van der Waals surface area contributed by atoms with Gasteiger partial charge in [0, 0.05) is 19.8 Å². The molecule has 0 atom stereocenters. The van der Waals surface area contributed by atoms with Gasteiger partial charge in [-0.15, -0.1) is 0 Å². The molecule has 0 saturated heterocycles. The van der Waals surface area contributed by atoms with Crippen LogP contribution in [0.4, 0.5) is 5.82 Å². The third kappa shape index (κ3) is 3.88. The van der Waals surface area contributed by atoms with Crippen molar-refractivity contribution in [2.45, 2.75) is 26.7 Å². The topological polar surface area (TPSA) is 54.0 Å². The molecule has 0 spiro atoms. The van der Waals surface area contributed by atoms with Gasteiger partial charge in [-0.25, -0.2) is 4.98 Å². The first kappa shape index (κ1) is 14.8. The van der Waals surface area contributed by atoms with Crippen molar-refractivity contribution in [3.05, 3.63) is 22.8 Å². The Balaban J connectivity index is 2.64. The van der Waals surface area contributed by atoms with Gasteiger partial charge < -0.3 is 10.6 Å². The predicted molar refractivity (Wildman–Crippen MR) is 75.2 cm³/mol. The number of anilines is 1. The number of halogens is 1. The standard InChI is InChI=1S/C13H20ClN3O/c1-4-9(5-2)7-17-13(18)10-6-11(14)12(15-3)16-8-10/h6,8-9H,4-5,7H2,1-3H3,(H,15,16)(H,17,18). The van der Waals surface area contributed by atoms with Gasteiger partial charge in [-0.3, -0.25) is 4.79 Å². The van der Waals surface area contributed by atoms with Gasteiger partial charge in [0.1, 0.15) is 5.82 Å². The molecule has 0 aliphatic carbocycles. The molecule has 5 heteroatoms. The van der Waals surface area contributed by atoms with Gasteiger partial charge in [-0.05, 0) is 12.0 Å². The van der Waals surface area contributed by atoms with Gasteiger partial charge >= 0.3 is 0 Å². The third-order valence-corrected chi connectivity index (χ3v) is 3.33. The van der Waals surface area contributed by atoms with E-state index >= 15 is 0 Å². The lowest BCUT2D eigenvalue weighted by atomic mass is 10.0. The molecule has 18 heavy (non-hydrogen) atoms. The van der Waals surface area contributed by atoms with E-state index < -0.39 is 0 Å². The molecule has 2 N–H and O–H groups in total. The normalized spacial score (nSPS) is 10.5. The number of pyridine rings is 1. The maximum absolute atomic E-state index is 11.9. The largest absolute Gasteiger partial charge is 0.372 e. The molecule has 0 bridgehead atoms. The Kier molecular flexibility index (Phi) is 5.92. The molecule has 100 valence electrons. The molecule has 0 radical (unpaired) electrons. The number of rotatable bonds is 6. The van der Waals surface area contributed by atoms with Gasteiger partial charge in [0.2, 0.25) is 0 Å². The lowest BCUT2D eigenvalue weighted by molar-refractivity contribution is 0.0946. The van der Waals surface area contributed by atoms with E-state index in [1.54, 1.807) is 13.1 Å². The number of aromatic nitrogens is 1. The van der Waals surface area contributed by atoms with Crippen LogP contribution in [0.2, 0.25) is 5.02 Å². The van der Waals surface area contributed by atoms with Crippen LogP contribution < -0.4 is 10.6 Å². The Labute approximate surface area is 113 Å². The zero-order valence-corrected chi connectivity index (χ0v) is 11.8. The summed E-state index contributed by atoms with van der Waals surface area (Å²) in [6, 6.07) is 1.63. The summed E-state index contributed by atoms with van der Waals surface area (Å²) in [6.45, 7) is 4.94. The second-order valence-electron chi connectivity index (χ2n) is 4.20. The minimum absolute atomic E-state index is 0.126. The molecule has 1 aromatic heterocycles. The highest BCUT2D eigenvalue weighted by Gasteiger charge is 2.11. The van der Waals surface area contributed by atoms with Crippen LogP contribution in [0.1, 0.15) is 37.0 Å². The molecular formula is C13H20ClN3O. The molecule has 0 unspecified atom stereocenters. The second-order valence-corrected chi connectivity index (χ2v) is 4.60. The van der Waals surface area contributed by atoms with Crippen molar-refractivity contribution >= 4 is 23.3 Å². The van der Waals surface area contributed by atoms with Crippen molar-refractivity contribution in [1.82, 2.24) is 10.3 Å². The highest BCUT2D eigenvalue weighted by Crippen LogP contribution is 2.19. The molecule has 0 fully saturated rings. The van der Waals surface area contributed by atoms with Gasteiger partial charge in [0.15, 0.2) is 0 Å². The number of hydrogen-bond acceptors (Lipinski definition) is 3. The zero-order valence-electron chi connectivity index (χ0n) is 11.1. The molecule has 0 aromatic carbocycles. The Morgan fingerprint density at radius 3 is 2.61 bits per heavy atom. The third-order valence-electron chi connectivity index (χ3n) is 3.05. The summed E-state index contributed by atoms with van der Waals surface area (Å²) in [7, 11) is 1.74. The first-order valence-electron chi connectivity index (χ1n) is 6.23. The van der Waals surface area contributed by atoms with Gasteiger partial charge in [0.25, 0.3) is 5.91 Å². The lowest BCUT2D eigenvalue weighted by Gasteiger charge is -2.13. The molecule has 0 aliphatic heterocycles. The fourth-order valence-corrected chi connectivity index (χ4v) is 1.92. The molecule has 0 aliphatic rings. The zero-order chi connectivity index (χ0) is 13.5. The monoisotopic (exact) mass is 269 g/mol. The molecule has 4 nitrogen and oxygen atoms in total. The first-order valence-corrected chi connectivity index (χ1v) is 6.61. The van der Waals surface area contributed by atoms with Crippen molar-refractivity contribution in [2.24, 2.45) is 5.92 Å². The van der Waals surface area contributed by atoms with E-state index in [-0.39, 0.29) is 5.91 Å². The van der Waals surface area contributed by atoms with Crippen molar-refractivity contribution < 1.29 is 4.79 Å². The van der Waals surface area contributed by atoms with Gasteiger partial charge in [0.05, 0.1) is 10.6 Å². The van der Waals surface area contributed by atoms with E-state index in [1.807, 2.05) is 0 Å². The number of carbonyl (C=O) groups is 1. The predicted octanol–water partition coefficient (Wildman–Crippen LogP) is 2.94. The molecule has 1 rings (SSSR count). The van der Waals surface area contributed by atoms with Crippen LogP contribution in [-0.2, 0) is 0 Å². The Hall–Kier alpha value is -1.29. The fourth-order valence-electron chi connectivity index (χ4n) is 1.66. The van der Waals surface area contributed by atoms with E-state index in [2.05, 4.69) is 29.5 Å². The number of carbonyl (C=O) groups excluding carboxylic acids is 1. The Morgan fingerprint density at radius 1 is 1.44 bits per heavy atom. The van der Waals surface area contributed by atoms with Gasteiger partial charge in [-0.1, -0.05) is 38.3 Å². The van der Waals surface area contributed by atoms with E-state index in [0.29, 0.717) is 28.9 Å². The van der Waals surface area contributed by atoms with Crippen molar-refractivity contribution in [3.8, 4) is 0 Å². The number of hydrogen-bond donors (Lipinski definition) is 2. The van der Waals surface area contributed by atoms with Crippen LogP contribution >= 0.6 is 11.6 Å². The highest BCUT2D eigenvalue weighted by molar-refractivity contribution is 6.33. The average Bonchev–Trinajstić information content (AvgIpc) is 2.39. The molecular weight excluding hydrogens is 250 g/mol. The Morgan fingerprint density at radius 2 is 2.11 bits per heavy atom. The summed E-state index contributed by atoms with van der Waals surface area (Å²) in [5, 5.41) is 6.21. The summed E-state index contributed by atoms with van der Waals surface area (Å²) in [5.74, 6) is 0.973. The van der Waals surface area contributed by atoms with E-state index in [4.69, 9.17) is 11.6 Å². The highest BCUT2D eigenvalue weighted by atomic mass is 35.5. The summed E-state index contributed by atoms with van der Waals surface area (Å²) < 4.78 is 0. The van der Waals surface area contributed by atoms with E-state index in [1.165, 1.54) is 6.20 Å².